The van der Waals surface area contributed by atoms with Gasteiger partial charge in [0, 0.05) is 12.7 Å². The van der Waals surface area contributed by atoms with Gasteiger partial charge >= 0.3 is 0 Å². The van der Waals surface area contributed by atoms with Crippen molar-refractivity contribution in [1.82, 2.24) is 0 Å². The van der Waals surface area contributed by atoms with Crippen molar-refractivity contribution >= 4 is 28.9 Å². The summed E-state index contributed by atoms with van der Waals surface area (Å²) in [7, 11) is 3.06. The predicted molar refractivity (Wildman–Crippen MR) is 81.9 cm³/mol. The summed E-state index contributed by atoms with van der Waals surface area (Å²) in [6, 6.07) is 9.16. The van der Waals surface area contributed by atoms with E-state index in [0.29, 0.717) is 16.5 Å². The van der Waals surface area contributed by atoms with Gasteiger partial charge in [0.2, 0.25) is 0 Å². The molecule has 0 saturated heterocycles. The summed E-state index contributed by atoms with van der Waals surface area (Å²) in [4.78, 5) is 12.2. The van der Waals surface area contributed by atoms with Crippen LogP contribution in [-0.2, 0) is 0 Å². The summed E-state index contributed by atoms with van der Waals surface area (Å²) in [5.74, 6) is -0.408. The quantitative estimate of drug-likeness (QED) is 0.903. The summed E-state index contributed by atoms with van der Waals surface area (Å²) in [5.41, 5.74) is 0.858. The molecule has 0 saturated carbocycles. The standard InChI is InChI=1S/C15H14ClFN2O2/c1-18-14-10(4-3-5-12(14)17)15(20)19-9-6-7-13(21-2)11(16)8-9/h3-8,18H,1-2H3,(H,19,20). The van der Waals surface area contributed by atoms with Crippen LogP contribution in [-0.4, -0.2) is 20.1 Å². The second kappa shape index (κ2) is 6.45. The minimum atomic E-state index is -0.488. The molecule has 0 atom stereocenters. The highest BCUT2D eigenvalue weighted by Crippen LogP contribution is 2.28. The molecule has 0 aromatic heterocycles. The average Bonchev–Trinajstić information content (AvgIpc) is 2.47. The number of benzene rings is 2. The molecule has 0 spiro atoms. The smallest absolute Gasteiger partial charge is 0.257 e. The number of halogens is 2. The lowest BCUT2D eigenvalue weighted by Gasteiger charge is -2.11. The lowest BCUT2D eigenvalue weighted by atomic mass is 10.1. The molecular formula is C15H14ClFN2O2. The van der Waals surface area contributed by atoms with Gasteiger partial charge in [0.25, 0.3) is 5.91 Å². The summed E-state index contributed by atoms with van der Waals surface area (Å²) < 4.78 is 18.7. The number of carbonyl (C=O) groups excluding carboxylic acids is 1. The van der Waals surface area contributed by atoms with Crippen LogP contribution in [0.1, 0.15) is 10.4 Å². The van der Waals surface area contributed by atoms with Crippen molar-refractivity contribution in [2.75, 3.05) is 24.8 Å². The van der Waals surface area contributed by atoms with Crippen molar-refractivity contribution in [2.45, 2.75) is 0 Å². The summed E-state index contributed by atoms with van der Waals surface area (Å²) >= 11 is 5.99. The van der Waals surface area contributed by atoms with Crippen LogP contribution in [0.5, 0.6) is 5.75 Å². The fraction of sp³-hybridized carbons (Fsp3) is 0.133. The third kappa shape index (κ3) is 3.25. The molecule has 6 heteroatoms. The molecule has 0 heterocycles. The van der Waals surface area contributed by atoms with E-state index < -0.39 is 11.7 Å². The third-order valence-corrected chi connectivity index (χ3v) is 3.21. The number of nitrogens with one attached hydrogen (secondary N) is 2. The van der Waals surface area contributed by atoms with Gasteiger partial charge in [-0.25, -0.2) is 4.39 Å². The van der Waals surface area contributed by atoms with Crippen molar-refractivity contribution in [1.29, 1.82) is 0 Å². The van der Waals surface area contributed by atoms with E-state index in [9.17, 15) is 9.18 Å². The first-order valence-corrected chi connectivity index (χ1v) is 6.55. The molecule has 110 valence electrons. The van der Waals surface area contributed by atoms with Crippen LogP contribution < -0.4 is 15.4 Å². The number of amides is 1. The Kier molecular flexibility index (Phi) is 4.65. The normalized spacial score (nSPS) is 10.1. The Morgan fingerprint density at radius 2 is 2.05 bits per heavy atom. The Hall–Kier alpha value is -2.27. The first-order valence-electron chi connectivity index (χ1n) is 6.18. The molecule has 21 heavy (non-hydrogen) atoms. The van der Waals surface area contributed by atoms with E-state index in [1.54, 1.807) is 25.2 Å². The molecule has 0 aliphatic rings. The molecule has 0 unspecified atom stereocenters. The molecule has 0 aliphatic heterocycles. The van der Waals surface area contributed by atoms with Crippen molar-refractivity contribution in [2.24, 2.45) is 0 Å². The highest BCUT2D eigenvalue weighted by Gasteiger charge is 2.14. The lowest BCUT2D eigenvalue weighted by Crippen LogP contribution is -2.14. The third-order valence-electron chi connectivity index (χ3n) is 2.92. The van der Waals surface area contributed by atoms with Crippen molar-refractivity contribution in [3.05, 3.63) is 52.8 Å². The largest absolute Gasteiger partial charge is 0.495 e. The molecular weight excluding hydrogens is 295 g/mol. The van der Waals surface area contributed by atoms with Gasteiger partial charge in [-0.05, 0) is 30.3 Å². The predicted octanol–water partition coefficient (Wildman–Crippen LogP) is 3.78. The number of hydrogen-bond acceptors (Lipinski definition) is 3. The zero-order valence-electron chi connectivity index (χ0n) is 11.5. The van der Waals surface area contributed by atoms with Crippen molar-refractivity contribution < 1.29 is 13.9 Å². The number of carbonyl (C=O) groups is 1. The van der Waals surface area contributed by atoms with E-state index in [0.717, 1.165) is 0 Å². The zero-order chi connectivity index (χ0) is 15.4. The molecule has 1 amide bonds. The van der Waals surface area contributed by atoms with Crippen molar-refractivity contribution in [3.8, 4) is 5.75 Å². The second-order valence-corrected chi connectivity index (χ2v) is 4.62. The SMILES string of the molecule is CNc1c(F)cccc1C(=O)Nc1ccc(OC)c(Cl)c1. The molecule has 0 fully saturated rings. The number of hydrogen-bond donors (Lipinski definition) is 2. The monoisotopic (exact) mass is 308 g/mol. The first-order chi connectivity index (χ1) is 10.1. The number of methoxy groups -OCH3 is 1. The number of anilines is 2. The Morgan fingerprint density at radius 3 is 2.67 bits per heavy atom. The van der Waals surface area contributed by atoms with Gasteiger partial charge in [-0.15, -0.1) is 0 Å². The first kappa shape index (κ1) is 15.1. The Labute approximate surface area is 126 Å². The number of rotatable bonds is 4. The molecule has 0 bridgehead atoms. The van der Waals surface area contributed by atoms with E-state index in [2.05, 4.69) is 10.6 Å². The number of ether oxygens (including phenoxy) is 1. The fourth-order valence-electron chi connectivity index (χ4n) is 1.91. The van der Waals surface area contributed by atoms with E-state index >= 15 is 0 Å². The maximum absolute atomic E-state index is 13.6. The van der Waals surface area contributed by atoms with Gasteiger partial charge in [0.15, 0.2) is 0 Å². The molecule has 2 N–H and O–H groups in total. The Morgan fingerprint density at radius 1 is 1.29 bits per heavy atom. The minimum Gasteiger partial charge on any atom is -0.495 e. The maximum atomic E-state index is 13.6. The van der Waals surface area contributed by atoms with Crippen LogP contribution >= 0.6 is 11.6 Å². The Balaban J connectivity index is 2.26. The molecule has 0 radical (unpaired) electrons. The van der Waals surface area contributed by atoms with Crippen LogP contribution in [0.25, 0.3) is 0 Å². The highest BCUT2D eigenvalue weighted by molar-refractivity contribution is 6.32. The summed E-state index contributed by atoms with van der Waals surface area (Å²) in [6.07, 6.45) is 0. The second-order valence-electron chi connectivity index (χ2n) is 4.22. The summed E-state index contributed by atoms with van der Waals surface area (Å²) in [6.45, 7) is 0. The molecule has 2 aromatic carbocycles. The lowest BCUT2D eigenvalue weighted by molar-refractivity contribution is 0.102. The van der Waals surface area contributed by atoms with Crippen LogP contribution in [0.15, 0.2) is 36.4 Å². The fourth-order valence-corrected chi connectivity index (χ4v) is 2.17. The van der Waals surface area contributed by atoms with E-state index in [4.69, 9.17) is 16.3 Å². The van der Waals surface area contributed by atoms with Gasteiger partial charge in [-0.2, -0.15) is 0 Å². The molecule has 0 aliphatic carbocycles. The topological polar surface area (TPSA) is 50.4 Å². The Bertz CT molecular complexity index is 677. The van der Waals surface area contributed by atoms with Gasteiger partial charge in [0.1, 0.15) is 11.6 Å². The van der Waals surface area contributed by atoms with E-state index in [1.807, 2.05) is 0 Å². The van der Waals surface area contributed by atoms with E-state index in [1.165, 1.54) is 25.3 Å². The minimum absolute atomic E-state index is 0.148. The molecule has 2 aromatic rings. The average molecular weight is 309 g/mol. The van der Waals surface area contributed by atoms with Crippen LogP contribution in [0.3, 0.4) is 0 Å². The summed E-state index contributed by atoms with van der Waals surface area (Å²) in [5, 5.41) is 5.72. The van der Waals surface area contributed by atoms with Crippen molar-refractivity contribution in [3.63, 3.8) is 0 Å². The van der Waals surface area contributed by atoms with Crippen LogP contribution in [0, 0.1) is 5.82 Å². The zero-order valence-corrected chi connectivity index (χ0v) is 12.3. The van der Waals surface area contributed by atoms with Gasteiger partial charge in [-0.3, -0.25) is 4.79 Å². The number of para-hydroxylation sites is 1. The maximum Gasteiger partial charge on any atom is 0.257 e. The van der Waals surface area contributed by atoms with E-state index in [-0.39, 0.29) is 11.3 Å². The van der Waals surface area contributed by atoms with Gasteiger partial charge < -0.3 is 15.4 Å². The molecule has 4 nitrogen and oxygen atoms in total. The highest BCUT2D eigenvalue weighted by atomic mass is 35.5. The van der Waals surface area contributed by atoms with Gasteiger partial charge in [-0.1, -0.05) is 17.7 Å². The van der Waals surface area contributed by atoms with Crippen LogP contribution in [0.2, 0.25) is 5.02 Å². The molecule has 2 rings (SSSR count). The van der Waals surface area contributed by atoms with Gasteiger partial charge in [0.05, 0.1) is 23.4 Å². The van der Waals surface area contributed by atoms with Crippen LogP contribution in [0.4, 0.5) is 15.8 Å².